The minimum absolute atomic E-state index is 0.000732. The highest BCUT2D eigenvalue weighted by Gasteiger charge is 2.37. The molecule has 3 rings (SSSR count). The van der Waals surface area contributed by atoms with Crippen molar-refractivity contribution in [3.8, 4) is 0 Å². The minimum Gasteiger partial charge on any atom is -0.397 e. The maximum Gasteiger partial charge on any atom is 0.255 e. The summed E-state index contributed by atoms with van der Waals surface area (Å²) in [6.07, 6.45) is 1.99. The number of para-hydroxylation sites is 2. The number of benzene rings is 2. The summed E-state index contributed by atoms with van der Waals surface area (Å²) in [6, 6.07) is 13.3. The highest BCUT2D eigenvalue weighted by molar-refractivity contribution is 6.06. The van der Waals surface area contributed by atoms with E-state index in [4.69, 9.17) is 5.73 Å². The molecule has 1 aliphatic heterocycles. The number of nitrogens with one attached hydrogen (secondary N) is 2. The van der Waals surface area contributed by atoms with E-state index in [-0.39, 0.29) is 11.4 Å². The first-order valence-electron chi connectivity index (χ1n) is 11.0. The third-order valence-electron chi connectivity index (χ3n) is 5.98. The van der Waals surface area contributed by atoms with E-state index in [1.165, 1.54) is 0 Å². The van der Waals surface area contributed by atoms with Crippen LogP contribution in [0.1, 0.15) is 56.5 Å². The van der Waals surface area contributed by atoms with E-state index < -0.39 is 5.60 Å². The van der Waals surface area contributed by atoms with Crippen molar-refractivity contribution in [2.75, 3.05) is 29.5 Å². The Labute approximate surface area is 185 Å². The summed E-state index contributed by atoms with van der Waals surface area (Å²) < 4.78 is 0. The second-order valence-corrected chi connectivity index (χ2v) is 9.95. The fourth-order valence-electron chi connectivity index (χ4n) is 4.32. The van der Waals surface area contributed by atoms with Crippen LogP contribution >= 0.6 is 0 Å². The topological polar surface area (TPSA) is 90.6 Å². The SMILES string of the molecule is Cc1cc(C(=O)Nc2ccccc2N)ccc1NC1CCN(CC(C)(C)O)C(C)(C)C1. The molecular formula is C25H36N4O2. The average Bonchev–Trinajstić information content (AvgIpc) is 2.66. The quantitative estimate of drug-likeness (QED) is 0.520. The van der Waals surface area contributed by atoms with Gasteiger partial charge in [0.2, 0.25) is 0 Å². The van der Waals surface area contributed by atoms with Crippen LogP contribution < -0.4 is 16.4 Å². The number of nitrogens with two attached hydrogens (primary N) is 1. The highest BCUT2D eigenvalue weighted by Crippen LogP contribution is 2.31. The lowest BCUT2D eigenvalue weighted by Gasteiger charge is -2.48. The number of piperidine rings is 1. The summed E-state index contributed by atoms with van der Waals surface area (Å²) in [4.78, 5) is 15.0. The molecule has 31 heavy (non-hydrogen) atoms. The minimum atomic E-state index is -0.699. The molecule has 0 radical (unpaired) electrons. The summed E-state index contributed by atoms with van der Waals surface area (Å²) in [5, 5.41) is 16.8. The van der Waals surface area contributed by atoms with Crippen molar-refractivity contribution in [2.45, 2.75) is 64.6 Å². The second-order valence-electron chi connectivity index (χ2n) is 9.95. The number of carbonyl (C=O) groups excluding carboxylic acids is 1. The molecule has 2 aromatic carbocycles. The van der Waals surface area contributed by atoms with Crippen molar-refractivity contribution in [1.29, 1.82) is 0 Å². The lowest BCUT2D eigenvalue weighted by atomic mass is 9.85. The molecule has 0 saturated carbocycles. The molecule has 1 aliphatic rings. The molecule has 6 heteroatoms. The fraction of sp³-hybridized carbons (Fsp3) is 0.480. The predicted octanol–water partition coefficient (Wildman–Crippen LogP) is 4.26. The number of carbonyl (C=O) groups is 1. The molecule has 1 unspecified atom stereocenters. The zero-order chi connectivity index (χ0) is 22.8. The van der Waals surface area contributed by atoms with Crippen LogP contribution in [-0.2, 0) is 0 Å². The lowest BCUT2D eigenvalue weighted by Crippen LogP contribution is -2.56. The van der Waals surface area contributed by atoms with Gasteiger partial charge in [-0.3, -0.25) is 9.69 Å². The summed E-state index contributed by atoms with van der Waals surface area (Å²) in [5.74, 6) is -0.173. The van der Waals surface area contributed by atoms with Crippen LogP contribution in [0.4, 0.5) is 17.1 Å². The summed E-state index contributed by atoms with van der Waals surface area (Å²) in [5.41, 5.74) is 9.08. The van der Waals surface area contributed by atoms with Crippen molar-refractivity contribution < 1.29 is 9.90 Å². The van der Waals surface area contributed by atoms with E-state index in [2.05, 4.69) is 29.4 Å². The lowest BCUT2D eigenvalue weighted by molar-refractivity contribution is -0.0192. The van der Waals surface area contributed by atoms with E-state index in [0.717, 1.165) is 30.6 Å². The summed E-state index contributed by atoms with van der Waals surface area (Å²) in [7, 11) is 0. The van der Waals surface area contributed by atoms with Crippen LogP contribution in [0.5, 0.6) is 0 Å². The van der Waals surface area contributed by atoms with Crippen LogP contribution in [0.25, 0.3) is 0 Å². The standard InChI is InChI=1S/C25H36N4O2/c1-17-14-18(23(30)28-22-9-7-6-8-20(22)26)10-11-21(17)27-19-12-13-29(16-25(4,5)31)24(2,3)15-19/h6-11,14,19,27,31H,12-13,15-16,26H2,1-5H3,(H,28,30). The number of nitrogen functional groups attached to an aromatic ring is 1. The number of rotatable bonds is 6. The molecule has 1 fully saturated rings. The van der Waals surface area contributed by atoms with E-state index in [1.54, 1.807) is 12.1 Å². The van der Waals surface area contributed by atoms with Crippen LogP contribution in [0.3, 0.4) is 0 Å². The molecule has 168 valence electrons. The van der Waals surface area contributed by atoms with E-state index >= 15 is 0 Å². The first-order valence-corrected chi connectivity index (χ1v) is 11.0. The molecular weight excluding hydrogens is 388 g/mol. The van der Waals surface area contributed by atoms with Crippen LogP contribution in [0.2, 0.25) is 0 Å². The molecule has 1 saturated heterocycles. The smallest absolute Gasteiger partial charge is 0.255 e. The summed E-state index contributed by atoms with van der Waals surface area (Å²) >= 11 is 0. The van der Waals surface area contributed by atoms with Crippen molar-refractivity contribution in [2.24, 2.45) is 0 Å². The fourth-order valence-corrected chi connectivity index (χ4v) is 4.32. The monoisotopic (exact) mass is 424 g/mol. The molecule has 5 N–H and O–H groups in total. The third kappa shape index (κ3) is 5.99. The predicted molar refractivity (Wildman–Crippen MR) is 129 cm³/mol. The molecule has 0 aliphatic carbocycles. The Morgan fingerprint density at radius 1 is 1.23 bits per heavy atom. The maximum absolute atomic E-state index is 12.6. The second kappa shape index (κ2) is 8.89. The van der Waals surface area contributed by atoms with E-state index in [0.29, 0.717) is 29.5 Å². The number of hydrogen-bond acceptors (Lipinski definition) is 5. The molecule has 1 amide bonds. The molecule has 1 atom stereocenters. The number of anilines is 3. The maximum atomic E-state index is 12.6. The Hall–Kier alpha value is -2.57. The van der Waals surface area contributed by atoms with E-state index in [9.17, 15) is 9.90 Å². The van der Waals surface area contributed by atoms with Gasteiger partial charge in [-0.1, -0.05) is 12.1 Å². The zero-order valence-electron chi connectivity index (χ0n) is 19.3. The van der Waals surface area contributed by atoms with Gasteiger partial charge in [-0.2, -0.15) is 0 Å². The van der Waals surface area contributed by atoms with Gasteiger partial charge in [-0.15, -0.1) is 0 Å². The van der Waals surface area contributed by atoms with Gasteiger partial charge in [-0.05, 0) is 83.4 Å². The van der Waals surface area contributed by atoms with Gasteiger partial charge in [0.15, 0.2) is 0 Å². The number of aryl methyl sites for hydroxylation is 1. The molecule has 6 nitrogen and oxygen atoms in total. The number of β-amino-alcohol motifs (C(OH)–C–C–N with tert-alkyl or cyclic N) is 1. The van der Waals surface area contributed by atoms with Gasteiger partial charge < -0.3 is 21.5 Å². The number of aliphatic hydroxyl groups is 1. The van der Waals surface area contributed by atoms with Crippen molar-refractivity contribution >= 4 is 23.0 Å². The van der Waals surface area contributed by atoms with Gasteiger partial charge in [0.25, 0.3) is 5.91 Å². The zero-order valence-corrected chi connectivity index (χ0v) is 19.3. The molecule has 2 aromatic rings. The van der Waals surface area contributed by atoms with Crippen molar-refractivity contribution in [3.63, 3.8) is 0 Å². The third-order valence-corrected chi connectivity index (χ3v) is 5.98. The van der Waals surface area contributed by atoms with Crippen molar-refractivity contribution in [1.82, 2.24) is 4.90 Å². The van der Waals surface area contributed by atoms with E-state index in [1.807, 2.05) is 51.1 Å². The first kappa shape index (κ1) is 23.1. The van der Waals surface area contributed by atoms with Crippen LogP contribution in [0.15, 0.2) is 42.5 Å². The van der Waals surface area contributed by atoms with Gasteiger partial charge in [-0.25, -0.2) is 0 Å². The number of likely N-dealkylation sites (tertiary alicyclic amines) is 1. The number of nitrogens with zero attached hydrogens (tertiary/aromatic N) is 1. The Bertz CT molecular complexity index is 933. The van der Waals surface area contributed by atoms with Crippen LogP contribution in [-0.4, -0.2) is 46.2 Å². The van der Waals surface area contributed by atoms with Crippen molar-refractivity contribution in [3.05, 3.63) is 53.6 Å². The normalized spacial score (nSPS) is 19.1. The Balaban J connectivity index is 1.64. The highest BCUT2D eigenvalue weighted by atomic mass is 16.3. The largest absolute Gasteiger partial charge is 0.397 e. The first-order chi connectivity index (χ1) is 14.4. The Morgan fingerprint density at radius 2 is 1.94 bits per heavy atom. The summed E-state index contributed by atoms with van der Waals surface area (Å²) in [6.45, 7) is 11.8. The number of amides is 1. The number of hydrogen-bond donors (Lipinski definition) is 4. The Morgan fingerprint density at radius 3 is 2.55 bits per heavy atom. The average molecular weight is 425 g/mol. The van der Waals surface area contributed by atoms with Gasteiger partial charge in [0.05, 0.1) is 17.0 Å². The molecule has 0 bridgehead atoms. The van der Waals surface area contributed by atoms with Gasteiger partial charge >= 0.3 is 0 Å². The molecule has 0 aromatic heterocycles. The van der Waals surface area contributed by atoms with Gasteiger partial charge in [0, 0.05) is 35.9 Å². The molecule has 1 heterocycles. The van der Waals surface area contributed by atoms with Gasteiger partial charge in [0.1, 0.15) is 0 Å². The molecule has 0 spiro atoms. The Kier molecular flexibility index (Phi) is 6.62. The van der Waals surface area contributed by atoms with Crippen LogP contribution in [0, 0.1) is 6.92 Å².